The molecular weight excluding hydrogens is 350 g/mol. The van der Waals surface area contributed by atoms with E-state index in [-0.39, 0.29) is 11.8 Å². The Labute approximate surface area is 166 Å². The number of rotatable bonds is 8. The lowest BCUT2D eigenvalue weighted by Crippen LogP contribution is -2.23. The number of amides is 1. The van der Waals surface area contributed by atoms with E-state index in [2.05, 4.69) is 19.2 Å². The predicted octanol–water partition coefficient (Wildman–Crippen LogP) is 5.47. The number of imidazole rings is 1. The minimum absolute atomic E-state index is 0.00136. The molecule has 3 aromatic rings. The molecule has 0 aliphatic heterocycles. The largest absolute Gasteiger partial charge is 0.496 e. The molecule has 0 saturated carbocycles. The van der Waals surface area contributed by atoms with E-state index in [1.807, 2.05) is 53.9 Å². The first kappa shape index (κ1) is 19.9. The standard InChI is InChI=1S/C23H29N3O2/c1-5-7-10-17(6-2)23(27)25-22-21(18-11-8-9-12-19(18)28-4)24-20-15-16(3)13-14-26(20)22/h8-9,11-15,17H,5-7,10H2,1-4H3,(H,25,27). The van der Waals surface area contributed by atoms with Crippen LogP contribution in [0, 0.1) is 12.8 Å². The molecule has 148 valence electrons. The Morgan fingerprint density at radius 3 is 2.75 bits per heavy atom. The van der Waals surface area contributed by atoms with Crippen LogP contribution in [0.3, 0.4) is 0 Å². The quantitative estimate of drug-likeness (QED) is 0.564. The van der Waals surface area contributed by atoms with Crippen molar-refractivity contribution in [3.63, 3.8) is 0 Å². The van der Waals surface area contributed by atoms with Gasteiger partial charge in [-0.15, -0.1) is 0 Å². The van der Waals surface area contributed by atoms with Crippen LogP contribution in [0.4, 0.5) is 5.82 Å². The molecule has 5 nitrogen and oxygen atoms in total. The van der Waals surface area contributed by atoms with Gasteiger partial charge in [-0.25, -0.2) is 4.98 Å². The molecule has 0 spiro atoms. The van der Waals surface area contributed by atoms with Crippen molar-refractivity contribution < 1.29 is 9.53 Å². The van der Waals surface area contributed by atoms with Crippen molar-refractivity contribution in [1.29, 1.82) is 0 Å². The number of fused-ring (bicyclic) bond motifs is 1. The second-order valence-corrected chi connectivity index (χ2v) is 7.18. The number of unbranched alkanes of at least 4 members (excludes halogenated alkanes) is 1. The van der Waals surface area contributed by atoms with Gasteiger partial charge in [0.2, 0.25) is 5.91 Å². The minimum Gasteiger partial charge on any atom is -0.496 e. The van der Waals surface area contributed by atoms with E-state index < -0.39 is 0 Å². The topological polar surface area (TPSA) is 55.6 Å². The molecule has 1 unspecified atom stereocenters. The Balaban J connectivity index is 2.08. The fraction of sp³-hybridized carbons (Fsp3) is 0.391. The summed E-state index contributed by atoms with van der Waals surface area (Å²) < 4.78 is 7.48. The number of nitrogens with zero attached hydrogens (tertiary/aromatic N) is 2. The van der Waals surface area contributed by atoms with Gasteiger partial charge < -0.3 is 10.1 Å². The van der Waals surface area contributed by atoms with E-state index in [0.717, 1.165) is 53.9 Å². The summed E-state index contributed by atoms with van der Waals surface area (Å²) in [6.07, 6.45) is 5.83. The number of benzene rings is 1. The fourth-order valence-corrected chi connectivity index (χ4v) is 3.48. The number of pyridine rings is 1. The van der Waals surface area contributed by atoms with Crippen LogP contribution in [0.2, 0.25) is 0 Å². The van der Waals surface area contributed by atoms with Crippen molar-refractivity contribution in [2.24, 2.45) is 5.92 Å². The number of anilines is 1. The zero-order valence-electron chi connectivity index (χ0n) is 17.2. The second-order valence-electron chi connectivity index (χ2n) is 7.18. The van der Waals surface area contributed by atoms with Crippen molar-refractivity contribution in [1.82, 2.24) is 9.38 Å². The number of hydrogen-bond donors (Lipinski definition) is 1. The van der Waals surface area contributed by atoms with E-state index in [0.29, 0.717) is 5.82 Å². The zero-order chi connectivity index (χ0) is 20.1. The van der Waals surface area contributed by atoms with E-state index >= 15 is 0 Å². The number of ether oxygens (including phenoxy) is 1. The maximum Gasteiger partial charge on any atom is 0.228 e. The van der Waals surface area contributed by atoms with Gasteiger partial charge in [0.25, 0.3) is 0 Å². The monoisotopic (exact) mass is 379 g/mol. The van der Waals surface area contributed by atoms with Gasteiger partial charge in [-0.05, 0) is 49.6 Å². The van der Waals surface area contributed by atoms with Gasteiger partial charge >= 0.3 is 0 Å². The fourth-order valence-electron chi connectivity index (χ4n) is 3.48. The first-order chi connectivity index (χ1) is 13.6. The van der Waals surface area contributed by atoms with Crippen molar-refractivity contribution in [3.8, 4) is 17.0 Å². The molecule has 3 rings (SSSR count). The second kappa shape index (κ2) is 8.91. The normalized spacial score (nSPS) is 12.1. The number of para-hydroxylation sites is 1. The average Bonchev–Trinajstić information content (AvgIpc) is 3.05. The number of aryl methyl sites for hydroxylation is 1. The highest BCUT2D eigenvalue weighted by Gasteiger charge is 2.22. The number of carbonyl (C=O) groups excluding carboxylic acids is 1. The highest BCUT2D eigenvalue weighted by atomic mass is 16.5. The van der Waals surface area contributed by atoms with Gasteiger partial charge in [0.15, 0.2) is 0 Å². The average molecular weight is 380 g/mol. The maximum atomic E-state index is 13.0. The summed E-state index contributed by atoms with van der Waals surface area (Å²) in [4.78, 5) is 17.8. The Morgan fingerprint density at radius 2 is 2.04 bits per heavy atom. The van der Waals surface area contributed by atoms with Crippen molar-refractivity contribution >= 4 is 17.4 Å². The van der Waals surface area contributed by atoms with Crippen molar-refractivity contribution in [3.05, 3.63) is 48.2 Å². The van der Waals surface area contributed by atoms with Crippen LogP contribution in [0.25, 0.3) is 16.9 Å². The molecule has 0 fully saturated rings. The van der Waals surface area contributed by atoms with Crippen molar-refractivity contribution in [2.75, 3.05) is 12.4 Å². The van der Waals surface area contributed by atoms with E-state index in [1.165, 1.54) is 0 Å². The lowest BCUT2D eigenvalue weighted by Gasteiger charge is -2.16. The number of hydrogen-bond acceptors (Lipinski definition) is 3. The summed E-state index contributed by atoms with van der Waals surface area (Å²) in [5.74, 6) is 1.48. The molecule has 1 N–H and O–H groups in total. The molecular formula is C23H29N3O2. The molecule has 5 heteroatoms. The maximum absolute atomic E-state index is 13.0. The summed E-state index contributed by atoms with van der Waals surface area (Å²) in [6, 6.07) is 11.8. The molecule has 0 aliphatic carbocycles. The summed E-state index contributed by atoms with van der Waals surface area (Å²) in [5, 5.41) is 3.17. The van der Waals surface area contributed by atoms with Crippen LogP contribution in [0.5, 0.6) is 5.75 Å². The third-order valence-electron chi connectivity index (χ3n) is 5.16. The van der Waals surface area contributed by atoms with E-state index in [9.17, 15) is 4.79 Å². The first-order valence-electron chi connectivity index (χ1n) is 10.0. The molecule has 0 bridgehead atoms. The molecule has 2 heterocycles. The lowest BCUT2D eigenvalue weighted by atomic mass is 9.98. The summed E-state index contributed by atoms with van der Waals surface area (Å²) in [7, 11) is 1.65. The van der Waals surface area contributed by atoms with Gasteiger partial charge in [-0.1, -0.05) is 38.8 Å². The van der Waals surface area contributed by atoms with Gasteiger partial charge in [-0.3, -0.25) is 9.20 Å². The van der Waals surface area contributed by atoms with E-state index in [1.54, 1.807) is 7.11 Å². The third-order valence-corrected chi connectivity index (χ3v) is 5.16. The molecule has 0 aliphatic rings. The molecule has 1 aromatic carbocycles. The predicted molar refractivity (Wildman–Crippen MR) is 114 cm³/mol. The zero-order valence-corrected chi connectivity index (χ0v) is 17.2. The SMILES string of the molecule is CCCCC(CC)C(=O)Nc1c(-c2ccccc2OC)nc2cc(C)ccn12. The molecule has 1 atom stereocenters. The van der Waals surface area contributed by atoms with Crippen LogP contribution in [-0.2, 0) is 4.79 Å². The van der Waals surface area contributed by atoms with Crippen molar-refractivity contribution in [2.45, 2.75) is 46.5 Å². The molecule has 0 radical (unpaired) electrons. The van der Waals surface area contributed by atoms with Gasteiger partial charge in [-0.2, -0.15) is 0 Å². The highest BCUT2D eigenvalue weighted by Crippen LogP contribution is 2.35. The number of carbonyl (C=O) groups is 1. The lowest BCUT2D eigenvalue weighted by molar-refractivity contribution is -0.120. The third kappa shape index (κ3) is 4.03. The van der Waals surface area contributed by atoms with E-state index in [4.69, 9.17) is 9.72 Å². The highest BCUT2D eigenvalue weighted by molar-refractivity contribution is 5.96. The Morgan fingerprint density at radius 1 is 1.25 bits per heavy atom. The Kier molecular flexibility index (Phi) is 6.34. The number of nitrogens with one attached hydrogen (secondary N) is 1. The summed E-state index contributed by atoms with van der Waals surface area (Å²) in [6.45, 7) is 6.25. The molecule has 0 saturated heterocycles. The minimum atomic E-state index is 0.00136. The first-order valence-corrected chi connectivity index (χ1v) is 10.0. The summed E-state index contributed by atoms with van der Waals surface area (Å²) in [5.41, 5.74) is 3.51. The van der Waals surface area contributed by atoms with Gasteiger partial charge in [0.05, 0.1) is 7.11 Å². The molecule has 1 amide bonds. The molecule has 28 heavy (non-hydrogen) atoms. The number of aromatic nitrogens is 2. The van der Waals surface area contributed by atoms with Crippen LogP contribution in [-0.4, -0.2) is 22.4 Å². The molecule has 2 aromatic heterocycles. The van der Waals surface area contributed by atoms with Gasteiger partial charge in [0.1, 0.15) is 22.9 Å². The van der Waals surface area contributed by atoms with Crippen LogP contribution in [0.1, 0.15) is 45.1 Å². The van der Waals surface area contributed by atoms with Crippen LogP contribution >= 0.6 is 0 Å². The van der Waals surface area contributed by atoms with Crippen LogP contribution < -0.4 is 10.1 Å². The van der Waals surface area contributed by atoms with Gasteiger partial charge in [0, 0.05) is 17.7 Å². The summed E-state index contributed by atoms with van der Waals surface area (Å²) >= 11 is 0. The van der Waals surface area contributed by atoms with Crippen LogP contribution in [0.15, 0.2) is 42.6 Å². The smallest absolute Gasteiger partial charge is 0.228 e. The number of methoxy groups -OCH3 is 1. The Hall–Kier alpha value is -2.82. The Bertz CT molecular complexity index is 962.